The highest BCUT2D eigenvalue weighted by atomic mass is 32.1. The number of aromatic nitrogens is 2. The largest absolute Gasteiger partial charge is 0.378 e. The minimum Gasteiger partial charge on any atom is -0.378 e. The lowest BCUT2D eigenvalue weighted by Crippen LogP contribution is -2.40. The molecule has 1 saturated heterocycles. The van der Waals surface area contributed by atoms with Crippen molar-refractivity contribution in [2.24, 2.45) is 0 Å². The van der Waals surface area contributed by atoms with Crippen LogP contribution in [0.2, 0.25) is 0 Å². The highest BCUT2D eigenvalue weighted by Gasteiger charge is 2.19. The molecule has 0 unspecified atom stereocenters. The minimum atomic E-state index is -0.272. The van der Waals surface area contributed by atoms with Crippen LogP contribution >= 0.6 is 11.3 Å². The van der Waals surface area contributed by atoms with Gasteiger partial charge < -0.3 is 19.9 Å². The first-order chi connectivity index (χ1) is 15.2. The number of anilines is 1. The number of carbonyl (C=O) groups excluding carboxylic acids is 2. The second-order valence-electron chi connectivity index (χ2n) is 7.20. The molecule has 7 nitrogen and oxygen atoms in total. The number of hydrogen-bond donors (Lipinski definition) is 2. The summed E-state index contributed by atoms with van der Waals surface area (Å²) >= 11 is 1.59. The Labute approximate surface area is 182 Å². The zero-order valence-electron chi connectivity index (χ0n) is 16.6. The molecule has 8 heteroatoms. The molecule has 0 aliphatic carbocycles. The van der Waals surface area contributed by atoms with Crippen molar-refractivity contribution in [2.45, 2.75) is 0 Å². The summed E-state index contributed by atoms with van der Waals surface area (Å²) in [5.74, 6) is 0.406. The molecular weight excluding hydrogens is 412 g/mol. The fourth-order valence-corrected chi connectivity index (χ4v) is 4.29. The number of rotatable bonds is 4. The highest BCUT2D eigenvalue weighted by Crippen LogP contribution is 2.26. The third-order valence-electron chi connectivity index (χ3n) is 5.18. The summed E-state index contributed by atoms with van der Waals surface area (Å²) in [7, 11) is 0. The lowest BCUT2D eigenvalue weighted by molar-refractivity contribution is 0.0303. The molecule has 2 aromatic heterocycles. The van der Waals surface area contributed by atoms with Crippen LogP contribution in [0.4, 0.5) is 5.69 Å². The summed E-state index contributed by atoms with van der Waals surface area (Å²) in [6.07, 6.45) is 0. The summed E-state index contributed by atoms with van der Waals surface area (Å²) in [6.45, 7) is 2.24. The number of para-hydroxylation sites is 1. The van der Waals surface area contributed by atoms with E-state index in [1.807, 2.05) is 29.6 Å². The monoisotopic (exact) mass is 432 g/mol. The number of benzene rings is 2. The molecule has 2 amide bonds. The zero-order chi connectivity index (χ0) is 21.2. The Morgan fingerprint density at radius 2 is 1.90 bits per heavy atom. The van der Waals surface area contributed by atoms with Crippen molar-refractivity contribution >= 4 is 39.9 Å². The number of nitrogens with zero attached hydrogens (tertiary/aromatic N) is 2. The maximum Gasteiger partial charge on any atom is 0.257 e. The van der Waals surface area contributed by atoms with Gasteiger partial charge in [-0.1, -0.05) is 18.2 Å². The number of carbonyl (C=O) groups is 2. The van der Waals surface area contributed by atoms with E-state index in [-0.39, 0.29) is 11.8 Å². The molecule has 1 fully saturated rings. The topological polar surface area (TPSA) is 87.3 Å². The number of aromatic amines is 1. The van der Waals surface area contributed by atoms with Crippen LogP contribution in [0.1, 0.15) is 20.7 Å². The van der Waals surface area contributed by atoms with Crippen molar-refractivity contribution < 1.29 is 14.3 Å². The summed E-state index contributed by atoms with van der Waals surface area (Å²) < 4.78 is 5.31. The fraction of sp³-hybridized carbons (Fsp3) is 0.174. The number of morpholine rings is 1. The molecule has 0 saturated carbocycles. The molecule has 2 aromatic carbocycles. The van der Waals surface area contributed by atoms with Crippen molar-refractivity contribution in [3.63, 3.8) is 0 Å². The number of thiophene rings is 1. The first-order valence-electron chi connectivity index (χ1n) is 10.00. The van der Waals surface area contributed by atoms with E-state index in [1.165, 1.54) is 0 Å². The normalized spacial score (nSPS) is 14.0. The van der Waals surface area contributed by atoms with Gasteiger partial charge in [-0.2, -0.15) is 0 Å². The number of H-pyrrole nitrogens is 1. The van der Waals surface area contributed by atoms with Crippen molar-refractivity contribution in [3.05, 3.63) is 71.1 Å². The van der Waals surface area contributed by atoms with Gasteiger partial charge in [-0.3, -0.25) is 9.59 Å². The molecule has 5 rings (SSSR count). The number of amides is 2. The van der Waals surface area contributed by atoms with Crippen molar-refractivity contribution in [2.75, 3.05) is 31.6 Å². The minimum absolute atomic E-state index is 0.0607. The van der Waals surface area contributed by atoms with Gasteiger partial charge in [0.2, 0.25) is 0 Å². The van der Waals surface area contributed by atoms with Crippen LogP contribution in [-0.2, 0) is 4.74 Å². The first kappa shape index (κ1) is 19.5. The Morgan fingerprint density at radius 3 is 2.71 bits per heavy atom. The second-order valence-corrected chi connectivity index (χ2v) is 8.15. The van der Waals surface area contributed by atoms with Crippen LogP contribution in [0.3, 0.4) is 0 Å². The molecular formula is C23H20N4O3S. The molecule has 156 valence electrons. The Hall–Kier alpha value is -3.49. The molecule has 0 radical (unpaired) electrons. The third kappa shape index (κ3) is 3.95. The van der Waals surface area contributed by atoms with Crippen molar-refractivity contribution in [1.29, 1.82) is 0 Å². The maximum absolute atomic E-state index is 13.0. The first-order valence-corrected chi connectivity index (χ1v) is 10.9. The van der Waals surface area contributed by atoms with E-state index in [9.17, 15) is 9.59 Å². The van der Waals surface area contributed by atoms with Gasteiger partial charge >= 0.3 is 0 Å². The van der Waals surface area contributed by atoms with Crippen molar-refractivity contribution in [3.8, 4) is 10.7 Å². The van der Waals surface area contributed by atoms with Gasteiger partial charge in [-0.05, 0) is 41.8 Å². The quantitative estimate of drug-likeness (QED) is 0.510. The van der Waals surface area contributed by atoms with Gasteiger partial charge in [0.25, 0.3) is 11.8 Å². The highest BCUT2D eigenvalue weighted by molar-refractivity contribution is 7.13. The second kappa shape index (κ2) is 8.33. The Bertz CT molecular complexity index is 1240. The fourth-order valence-electron chi connectivity index (χ4n) is 3.62. The Kier molecular flexibility index (Phi) is 5.23. The van der Waals surface area contributed by atoms with Crippen LogP contribution < -0.4 is 5.32 Å². The van der Waals surface area contributed by atoms with Crippen molar-refractivity contribution in [1.82, 2.24) is 14.9 Å². The van der Waals surface area contributed by atoms with Crippen LogP contribution in [0.15, 0.2) is 60.0 Å². The van der Waals surface area contributed by atoms with E-state index in [2.05, 4.69) is 15.3 Å². The van der Waals surface area contributed by atoms with E-state index in [1.54, 1.807) is 46.6 Å². The van der Waals surface area contributed by atoms with Crippen LogP contribution in [0.25, 0.3) is 21.7 Å². The van der Waals surface area contributed by atoms with E-state index in [0.29, 0.717) is 48.6 Å². The molecule has 1 aliphatic rings. The molecule has 1 aliphatic heterocycles. The number of fused-ring (bicyclic) bond motifs is 1. The predicted octanol–water partition coefficient (Wildman–Crippen LogP) is 4.02. The standard InChI is InChI=1S/C23H20N4O3S/c28-22(17-6-2-7-18-20(17)26-21(25-18)19-8-3-13-31-19)24-16-5-1-4-15(14-16)23(29)27-9-11-30-12-10-27/h1-8,13-14H,9-12H2,(H,24,28)(H,25,26). The van der Waals surface area contributed by atoms with Gasteiger partial charge in [0, 0.05) is 24.3 Å². The lowest BCUT2D eigenvalue weighted by Gasteiger charge is -2.27. The van der Waals surface area contributed by atoms with E-state index in [0.717, 1.165) is 16.2 Å². The van der Waals surface area contributed by atoms with E-state index >= 15 is 0 Å². The van der Waals surface area contributed by atoms with E-state index in [4.69, 9.17) is 4.74 Å². The molecule has 31 heavy (non-hydrogen) atoms. The SMILES string of the molecule is O=C(Nc1cccc(C(=O)N2CCOCC2)c1)c1cccc2[nH]c(-c3cccs3)nc12. The zero-order valence-corrected chi connectivity index (χ0v) is 17.4. The molecule has 0 spiro atoms. The number of ether oxygens (including phenoxy) is 1. The predicted molar refractivity (Wildman–Crippen MR) is 121 cm³/mol. The van der Waals surface area contributed by atoms with Crippen LogP contribution in [0.5, 0.6) is 0 Å². The molecule has 2 N–H and O–H groups in total. The lowest BCUT2D eigenvalue weighted by atomic mass is 10.1. The number of hydrogen-bond acceptors (Lipinski definition) is 5. The number of nitrogens with one attached hydrogen (secondary N) is 2. The summed E-state index contributed by atoms with van der Waals surface area (Å²) in [4.78, 5) is 36.5. The maximum atomic E-state index is 13.0. The summed E-state index contributed by atoms with van der Waals surface area (Å²) in [6, 6.07) is 16.4. The summed E-state index contributed by atoms with van der Waals surface area (Å²) in [5.41, 5.74) is 2.99. The van der Waals surface area contributed by atoms with Gasteiger partial charge in [0.05, 0.1) is 29.2 Å². The van der Waals surface area contributed by atoms with Crippen LogP contribution in [0, 0.1) is 0 Å². The molecule has 0 atom stereocenters. The van der Waals surface area contributed by atoms with Gasteiger partial charge in [0.1, 0.15) is 11.3 Å². The Balaban J connectivity index is 1.39. The molecule has 3 heterocycles. The average Bonchev–Trinajstić information content (AvgIpc) is 3.49. The van der Waals surface area contributed by atoms with Gasteiger partial charge in [-0.15, -0.1) is 11.3 Å². The van der Waals surface area contributed by atoms with Gasteiger partial charge in [-0.25, -0.2) is 4.98 Å². The summed E-state index contributed by atoms with van der Waals surface area (Å²) in [5, 5.41) is 4.89. The van der Waals surface area contributed by atoms with E-state index < -0.39 is 0 Å². The number of imidazole rings is 1. The third-order valence-corrected chi connectivity index (χ3v) is 6.05. The smallest absolute Gasteiger partial charge is 0.257 e. The average molecular weight is 433 g/mol. The molecule has 0 bridgehead atoms. The van der Waals surface area contributed by atoms with Gasteiger partial charge in [0.15, 0.2) is 0 Å². The Morgan fingerprint density at radius 1 is 1.06 bits per heavy atom. The van der Waals surface area contributed by atoms with Crippen LogP contribution in [-0.4, -0.2) is 53.0 Å². The molecule has 4 aromatic rings.